The maximum atomic E-state index is 12.4. The number of methoxy groups -OCH3 is 1. The van der Waals surface area contributed by atoms with Crippen LogP contribution in [0, 0.1) is 6.92 Å². The maximum absolute atomic E-state index is 12.4. The highest BCUT2D eigenvalue weighted by Crippen LogP contribution is 2.33. The number of nitrogens with one attached hydrogen (secondary N) is 1. The molecule has 25 heavy (non-hydrogen) atoms. The number of pyridine rings is 1. The van der Waals surface area contributed by atoms with Crippen molar-refractivity contribution in [3.63, 3.8) is 0 Å². The van der Waals surface area contributed by atoms with Crippen LogP contribution in [0.4, 0.5) is 11.4 Å². The number of aromatic nitrogens is 1. The summed E-state index contributed by atoms with van der Waals surface area (Å²) in [5.74, 6) is 0.283. The van der Waals surface area contributed by atoms with E-state index in [4.69, 9.17) is 9.47 Å². The highest BCUT2D eigenvalue weighted by molar-refractivity contribution is 6.06. The molecule has 0 radical (unpaired) electrons. The molecule has 0 saturated carbocycles. The third-order valence-electron chi connectivity index (χ3n) is 3.89. The third kappa shape index (κ3) is 3.40. The number of fused-ring (bicyclic) bond motifs is 1. The fourth-order valence-corrected chi connectivity index (χ4v) is 2.69. The lowest BCUT2D eigenvalue weighted by atomic mass is 10.1. The number of benzene rings is 2. The molecule has 0 aliphatic rings. The lowest BCUT2D eigenvalue weighted by Gasteiger charge is -2.16. The zero-order valence-electron chi connectivity index (χ0n) is 14.5. The molecule has 5 heteroatoms. The summed E-state index contributed by atoms with van der Waals surface area (Å²) in [5.41, 5.74) is 3.71. The van der Waals surface area contributed by atoms with Gasteiger partial charge in [-0.15, -0.1) is 0 Å². The van der Waals surface area contributed by atoms with Crippen LogP contribution in [0.1, 0.15) is 22.8 Å². The van der Waals surface area contributed by atoms with E-state index in [9.17, 15) is 4.79 Å². The first kappa shape index (κ1) is 16.8. The van der Waals surface area contributed by atoms with E-state index in [0.717, 1.165) is 22.2 Å². The van der Waals surface area contributed by atoms with E-state index in [1.807, 2.05) is 49.4 Å². The molecule has 3 rings (SSSR count). The maximum Gasteiger partial charge on any atom is 0.341 e. The number of para-hydroxylation sites is 2. The Morgan fingerprint density at radius 1 is 1.20 bits per heavy atom. The second kappa shape index (κ2) is 7.21. The number of esters is 1. The van der Waals surface area contributed by atoms with Crippen LogP contribution in [-0.2, 0) is 4.74 Å². The Balaban J connectivity index is 2.19. The standard InChI is InChI=1S/C20H20N2O3/c1-4-25-20(23)15-12-21-16-10-9-13(2)11-14(16)19(15)22-17-7-5-6-8-18(17)24-3/h5-12H,4H2,1-3H3,(H,21,22). The first-order valence-corrected chi connectivity index (χ1v) is 8.10. The number of rotatable bonds is 5. The van der Waals surface area contributed by atoms with Crippen LogP contribution in [0.5, 0.6) is 5.75 Å². The summed E-state index contributed by atoms with van der Waals surface area (Å²) in [6.07, 6.45) is 1.55. The first-order chi connectivity index (χ1) is 12.1. The van der Waals surface area contributed by atoms with Gasteiger partial charge >= 0.3 is 5.97 Å². The Morgan fingerprint density at radius 2 is 2.00 bits per heavy atom. The minimum absolute atomic E-state index is 0.304. The van der Waals surface area contributed by atoms with Crippen LogP contribution in [0.25, 0.3) is 10.9 Å². The Bertz CT molecular complexity index is 922. The van der Waals surface area contributed by atoms with Gasteiger partial charge in [0.2, 0.25) is 0 Å². The van der Waals surface area contributed by atoms with Gasteiger partial charge in [0, 0.05) is 11.6 Å². The van der Waals surface area contributed by atoms with E-state index in [1.165, 1.54) is 0 Å². The van der Waals surface area contributed by atoms with Crippen molar-refractivity contribution in [2.24, 2.45) is 0 Å². The molecular formula is C20H20N2O3. The van der Waals surface area contributed by atoms with Gasteiger partial charge in [0.25, 0.3) is 0 Å². The molecule has 1 aromatic heterocycles. The zero-order chi connectivity index (χ0) is 17.8. The molecular weight excluding hydrogens is 316 g/mol. The number of carbonyl (C=O) groups is 1. The number of anilines is 2. The third-order valence-corrected chi connectivity index (χ3v) is 3.89. The minimum atomic E-state index is -0.407. The highest BCUT2D eigenvalue weighted by atomic mass is 16.5. The molecule has 0 fully saturated rings. The average molecular weight is 336 g/mol. The van der Waals surface area contributed by atoms with Gasteiger partial charge in [-0.05, 0) is 38.1 Å². The Hall–Kier alpha value is -3.08. The summed E-state index contributed by atoms with van der Waals surface area (Å²) in [7, 11) is 1.61. The zero-order valence-corrected chi connectivity index (χ0v) is 14.5. The molecule has 2 aromatic carbocycles. The van der Waals surface area contributed by atoms with Crippen molar-refractivity contribution in [1.82, 2.24) is 4.98 Å². The molecule has 128 valence electrons. The van der Waals surface area contributed by atoms with Crippen molar-refractivity contribution in [3.05, 3.63) is 59.8 Å². The monoisotopic (exact) mass is 336 g/mol. The second-order valence-electron chi connectivity index (χ2n) is 5.61. The fourth-order valence-electron chi connectivity index (χ4n) is 2.69. The molecule has 0 aliphatic carbocycles. The molecule has 0 aliphatic heterocycles. The molecule has 1 N–H and O–H groups in total. The molecule has 5 nitrogen and oxygen atoms in total. The van der Waals surface area contributed by atoms with E-state index >= 15 is 0 Å². The Kier molecular flexibility index (Phi) is 4.84. The topological polar surface area (TPSA) is 60.5 Å². The van der Waals surface area contributed by atoms with Crippen molar-refractivity contribution >= 4 is 28.2 Å². The van der Waals surface area contributed by atoms with Gasteiger partial charge < -0.3 is 14.8 Å². The van der Waals surface area contributed by atoms with Crippen molar-refractivity contribution in [2.45, 2.75) is 13.8 Å². The predicted molar refractivity (Wildman–Crippen MR) is 98.7 cm³/mol. The fraction of sp³-hybridized carbons (Fsp3) is 0.200. The van der Waals surface area contributed by atoms with Gasteiger partial charge in [-0.1, -0.05) is 23.8 Å². The predicted octanol–water partition coefficient (Wildman–Crippen LogP) is 4.47. The van der Waals surface area contributed by atoms with Gasteiger partial charge in [0.15, 0.2) is 0 Å². The molecule has 0 unspecified atom stereocenters. The van der Waals surface area contributed by atoms with E-state index in [2.05, 4.69) is 10.3 Å². The summed E-state index contributed by atoms with van der Waals surface area (Å²) in [5, 5.41) is 4.19. The van der Waals surface area contributed by atoms with Gasteiger partial charge in [-0.25, -0.2) is 4.79 Å². The van der Waals surface area contributed by atoms with Crippen LogP contribution in [0.2, 0.25) is 0 Å². The summed E-state index contributed by atoms with van der Waals surface area (Å²) in [6.45, 7) is 4.09. The SMILES string of the molecule is CCOC(=O)c1cnc2ccc(C)cc2c1Nc1ccccc1OC. The number of aryl methyl sites for hydroxylation is 1. The smallest absolute Gasteiger partial charge is 0.341 e. The van der Waals surface area contributed by atoms with Gasteiger partial charge in [0.05, 0.1) is 30.6 Å². The summed E-state index contributed by atoms with van der Waals surface area (Å²) in [6, 6.07) is 13.5. The van der Waals surface area contributed by atoms with Crippen LogP contribution < -0.4 is 10.1 Å². The van der Waals surface area contributed by atoms with Crippen LogP contribution in [-0.4, -0.2) is 24.7 Å². The summed E-state index contributed by atoms with van der Waals surface area (Å²) in [4.78, 5) is 16.8. The number of carbonyl (C=O) groups excluding carboxylic acids is 1. The number of hydrogen-bond donors (Lipinski definition) is 1. The van der Waals surface area contributed by atoms with E-state index < -0.39 is 5.97 Å². The molecule has 0 bridgehead atoms. The number of ether oxygens (including phenoxy) is 2. The second-order valence-corrected chi connectivity index (χ2v) is 5.61. The first-order valence-electron chi connectivity index (χ1n) is 8.10. The van der Waals surface area contributed by atoms with Gasteiger partial charge in [0.1, 0.15) is 11.3 Å². The molecule has 3 aromatic rings. The Morgan fingerprint density at radius 3 is 2.76 bits per heavy atom. The van der Waals surface area contributed by atoms with Crippen LogP contribution in [0.3, 0.4) is 0 Å². The number of nitrogens with zero attached hydrogens (tertiary/aromatic N) is 1. The minimum Gasteiger partial charge on any atom is -0.495 e. The lowest BCUT2D eigenvalue weighted by Crippen LogP contribution is -2.09. The van der Waals surface area contributed by atoms with Gasteiger partial charge in [-0.2, -0.15) is 0 Å². The van der Waals surface area contributed by atoms with Crippen LogP contribution >= 0.6 is 0 Å². The quantitative estimate of drug-likeness (QED) is 0.697. The summed E-state index contributed by atoms with van der Waals surface area (Å²) < 4.78 is 10.6. The van der Waals surface area contributed by atoms with Crippen molar-refractivity contribution in [1.29, 1.82) is 0 Å². The van der Waals surface area contributed by atoms with Crippen LogP contribution in [0.15, 0.2) is 48.7 Å². The highest BCUT2D eigenvalue weighted by Gasteiger charge is 2.18. The molecule has 1 heterocycles. The normalized spacial score (nSPS) is 10.5. The Labute approximate surface area is 146 Å². The number of hydrogen-bond acceptors (Lipinski definition) is 5. The van der Waals surface area contributed by atoms with Crippen molar-refractivity contribution in [3.8, 4) is 5.75 Å². The molecule has 0 amide bonds. The van der Waals surface area contributed by atoms with E-state index in [0.29, 0.717) is 23.6 Å². The largest absolute Gasteiger partial charge is 0.495 e. The van der Waals surface area contributed by atoms with E-state index in [-0.39, 0.29) is 0 Å². The molecule has 0 atom stereocenters. The van der Waals surface area contributed by atoms with Crippen molar-refractivity contribution < 1.29 is 14.3 Å². The lowest BCUT2D eigenvalue weighted by molar-refractivity contribution is 0.0527. The average Bonchev–Trinajstić information content (AvgIpc) is 2.62. The molecule has 0 saturated heterocycles. The summed E-state index contributed by atoms with van der Waals surface area (Å²) >= 11 is 0. The van der Waals surface area contributed by atoms with Crippen molar-refractivity contribution in [2.75, 3.05) is 19.0 Å². The van der Waals surface area contributed by atoms with E-state index in [1.54, 1.807) is 20.2 Å². The molecule has 0 spiro atoms. The van der Waals surface area contributed by atoms with Gasteiger partial charge in [-0.3, -0.25) is 4.98 Å².